The van der Waals surface area contributed by atoms with Gasteiger partial charge in [0, 0.05) is 18.3 Å². The monoisotopic (exact) mass is 238 g/mol. The van der Waals surface area contributed by atoms with Gasteiger partial charge >= 0.3 is 0 Å². The fourth-order valence-corrected chi connectivity index (χ4v) is 1.88. The summed E-state index contributed by atoms with van der Waals surface area (Å²) in [7, 11) is 0. The quantitative estimate of drug-likeness (QED) is 0.699. The summed E-state index contributed by atoms with van der Waals surface area (Å²) in [6.45, 7) is 6.32. The van der Waals surface area contributed by atoms with E-state index >= 15 is 0 Å². The Balaban J connectivity index is 2.71. The van der Waals surface area contributed by atoms with Gasteiger partial charge in [0.15, 0.2) is 0 Å². The van der Waals surface area contributed by atoms with E-state index in [0.717, 1.165) is 18.4 Å². The zero-order valence-electron chi connectivity index (χ0n) is 10.8. The van der Waals surface area contributed by atoms with Crippen molar-refractivity contribution in [3.63, 3.8) is 0 Å². The van der Waals surface area contributed by atoms with Crippen LogP contribution in [0.4, 0.5) is 0 Å². The lowest BCUT2D eigenvalue weighted by Gasteiger charge is -2.30. The van der Waals surface area contributed by atoms with Gasteiger partial charge in [0.2, 0.25) is 5.91 Å². The maximum atomic E-state index is 12.2. The van der Waals surface area contributed by atoms with E-state index in [1.807, 2.05) is 20.8 Å². The minimum atomic E-state index is -0.446. The third kappa shape index (κ3) is 2.85. The molecule has 1 aromatic heterocycles. The Morgan fingerprint density at radius 2 is 2.24 bits per heavy atom. The summed E-state index contributed by atoms with van der Waals surface area (Å²) in [4.78, 5) is 12.2. The van der Waals surface area contributed by atoms with Gasteiger partial charge in [-0.3, -0.25) is 9.89 Å². The molecule has 17 heavy (non-hydrogen) atoms. The van der Waals surface area contributed by atoms with E-state index in [0.29, 0.717) is 6.54 Å². The van der Waals surface area contributed by atoms with Crippen LogP contribution in [0, 0.1) is 5.41 Å². The molecular weight excluding hydrogens is 216 g/mol. The Hall–Kier alpha value is -1.36. The van der Waals surface area contributed by atoms with Crippen LogP contribution in [-0.4, -0.2) is 22.6 Å². The van der Waals surface area contributed by atoms with Gasteiger partial charge in [-0.05, 0) is 19.8 Å². The molecule has 0 radical (unpaired) electrons. The summed E-state index contributed by atoms with van der Waals surface area (Å²) in [5, 5.41) is 9.61. The van der Waals surface area contributed by atoms with Gasteiger partial charge in [0.1, 0.15) is 0 Å². The molecule has 0 aliphatic heterocycles. The fraction of sp³-hybridized carbons (Fsp3) is 0.667. The van der Waals surface area contributed by atoms with Crippen molar-refractivity contribution >= 4 is 5.91 Å². The SMILES string of the molecule is CCC(CC)(CN)C(=O)NC(C)c1cn[nH]c1. The number of rotatable bonds is 6. The van der Waals surface area contributed by atoms with Crippen LogP contribution in [0.1, 0.15) is 45.2 Å². The van der Waals surface area contributed by atoms with Crippen molar-refractivity contribution in [2.45, 2.75) is 39.7 Å². The van der Waals surface area contributed by atoms with E-state index in [2.05, 4.69) is 15.5 Å². The number of hydrogen-bond donors (Lipinski definition) is 3. The van der Waals surface area contributed by atoms with Crippen molar-refractivity contribution in [2.75, 3.05) is 6.54 Å². The number of nitrogens with two attached hydrogens (primary N) is 1. The molecular formula is C12H22N4O. The minimum absolute atomic E-state index is 0.0266. The van der Waals surface area contributed by atoms with Gasteiger partial charge in [0.05, 0.1) is 17.7 Å². The standard InChI is InChI=1S/C12H22N4O/c1-4-12(5-2,8-13)11(17)16-9(3)10-6-14-15-7-10/h6-7,9H,4-5,8,13H2,1-3H3,(H,14,15)(H,16,17). The third-order valence-electron chi connectivity index (χ3n) is 3.59. The number of nitrogens with zero attached hydrogens (tertiary/aromatic N) is 1. The predicted molar refractivity (Wildman–Crippen MR) is 67.2 cm³/mol. The molecule has 0 bridgehead atoms. The van der Waals surface area contributed by atoms with E-state index in [4.69, 9.17) is 5.73 Å². The lowest BCUT2D eigenvalue weighted by atomic mass is 9.81. The highest BCUT2D eigenvalue weighted by atomic mass is 16.2. The van der Waals surface area contributed by atoms with E-state index in [-0.39, 0.29) is 11.9 Å². The van der Waals surface area contributed by atoms with Crippen LogP contribution < -0.4 is 11.1 Å². The first kappa shape index (κ1) is 13.7. The molecule has 5 heteroatoms. The number of nitrogens with one attached hydrogen (secondary N) is 2. The number of amides is 1. The van der Waals surface area contributed by atoms with Crippen molar-refractivity contribution in [3.8, 4) is 0 Å². The van der Waals surface area contributed by atoms with E-state index in [1.165, 1.54) is 0 Å². The van der Waals surface area contributed by atoms with Crippen molar-refractivity contribution in [1.82, 2.24) is 15.5 Å². The highest BCUT2D eigenvalue weighted by molar-refractivity contribution is 5.83. The molecule has 0 aromatic carbocycles. The molecule has 0 saturated carbocycles. The summed E-state index contributed by atoms with van der Waals surface area (Å²) in [5.41, 5.74) is 6.27. The van der Waals surface area contributed by atoms with Crippen molar-refractivity contribution in [3.05, 3.63) is 18.0 Å². The molecule has 0 fully saturated rings. The summed E-state index contributed by atoms with van der Waals surface area (Å²) in [6, 6.07) is -0.0507. The second kappa shape index (κ2) is 5.82. The molecule has 0 saturated heterocycles. The second-order valence-corrected chi connectivity index (χ2v) is 4.42. The molecule has 5 nitrogen and oxygen atoms in total. The Labute approximate surface area is 102 Å². The zero-order chi connectivity index (χ0) is 12.9. The Morgan fingerprint density at radius 3 is 2.65 bits per heavy atom. The smallest absolute Gasteiger partial charge is 0.227 e. The summed E-state index contributed by atoms with van der Waals surface area (Å²) in [5.74, 6) is 0.0266. The average molecular weight is 238 g/mol. The Morgan fingerprint density at radius 1 is 1.59 bits per heavy atom. The lowest BCUT2D eigenvalue weighted by Crippen LogP contribution is -2.45. The van der Waals surface area contributed by atoms with E-state index in [1.54, 1.807) is 12.4 Å². The average Bonchev–Trinajstić information content (AvgIpc) is 2.85. The predicted octanol–water partition coefficient (Wildman–Crippen LogP) is 1.35. The zero-order valence-corrected chi connectivity index (χ0v) is 10.8. The first-order valence-corrected chi connectivity index (χ1v) is 6.09. The number of carbonyl (C=O) groups is 1. The van der Waals surface area contributed by atoms with Crippen LogP contribution in [-0.2, 0) is 4.79 Å². The molecule has 0 spiro atoms. The normalized spacial score (nSPS) is 13.4. The molecule has 1 aromatic rings. The Bertz CT molecular complexity index is 335. The number of hydrogen-bond acceptors (Lipinski definition) is 3. The van der Waals surface area contributed by atoms with Gasteiger partial charge in [0.25, 0.3) is 0 Å². The maximum absolute atomic E-state index is 12.2. The van der Waals surface area contributed by atoms with E-state index in [9.17, 15) is 4.79 Å². The van der Waals surface area contributed by atoms with Crippen LogP contribution in [0.3, 0.4) is 0 Å². The summed E-state index contributed by atoms with van der Waals surface area (Å²) < 4.78 is 0. The molecule has 1 unspecified atom stereocenters. The van der Waals surface area contributed by atoms with Crippen molar-refractivity contribution in [1.29, 1.82) is 0 Å². The van der Waals surface area contributed by atoms with Crippen LogP contribution in [0.2, 0.25) is 0 Å². The highest BCUT2D eigenvalue weighted by Crippen LogP contribution is 2.26. The van der Waals surface area contributed by atoms with Crippen LogP contribution >= 0.6 is 0 Å². The topological polar surface area (TPSA) is 83.8 Å². The molecule has 0 aliphatic rings. The van der Waals surface area contributed by atoms with Gasteiger partial charge in [-0.2, -0.15) is 5.10 Å². The van der Waals surface area contributed by atoms with Gasteiger partial charge in [-0.1, -0.05) is 13.8 Å². The maximum Gasteiger partial charge on any atom is 0.227 e. The minimum Gasteiger partial charge on any atom is -0.349 e. The molecule has 4 N–H and O–H groups in total. The first-order chi connectivity index (χ1) is 8.09. The lowest BCUT2D eigenvalue weighted by molar-refractivity contribution is -0.131. The number of carbonyl (C=O) groups excluding carboxylic acids is 1. The van der Waals surface area contributed by atoms with Crippen molar-refractivity contribution < 1.29 is 4.79 Å². The van der Waals surface area contributed by atoms with Crippen LogP contribution in [0.15, 0.2) is 12.4 Å². The molecule has 1 atom stereocenters. The number of aromatic amines is 1. The van der Waals surface area contributed by atoms with E-state index < -0.39 is 5.41 Å². The molecule has 1 rings (SSSR count). The molecule has 1 heterocycles. The highest BCUT2D eigenvalue weighted by Gasteiger charge is 2.34. The largest absolute Gasteiger partial charge is 0.349 e. The Kier molecular flexibility index (Phi) is 4.69. The fourth-order valence-electron chi connectivity index (χ4n) is 1.88. The van der Waals surface area contributed by atoms with Crippen LogP contribution in [0.25, 0.3) is 0 Å². The summed E-state index contributed by atoms with van der Waals surface area (Å²) in [6.07, 6.45) is 5.01. The second-order valence-electron chi connectivity index (χ2n) is 4.42. The number of aromatic nitrogens is 2. The molecule has 96 valence electrons. The van der Waals surface area contributed by atoms with Crippen molar-refractivity contribution in [2.24, 2.45) is 11.1 Å². The third-order valence-corrected chi connectivity index (χ3v) is 3.59. The molecule has 0 aliphatic carbocycles. The van der Waals surface area contributed by atoms with Gasteiger partial charge < -0.3 is 11.1 Å². The molecule has 1 amide bonds. The number of H-pyrrole nitrogens is 1. The van der Waals surface area contributed by atoms with Gasteiger partial charge in [-0.25, -0.2) is 0 Å². The first-order valence-electron chi connectivity index (χ1n) is 6.09. The van der Waals surface area contributed by atoms with Gasteiger partial charge in [-0.15, -0.1) is 0 Å². The van der Waals surface area contributed by atoms with Crippen LogP contribution in [0.5, 0.6) is 0 Å². The summed E-state index contributed by atoms with van der Waals surface area (Å²) >= 11 is 0.